The molecule has 0 fully saturated rings. The lowest BCUT2D eigenvalue weighted by Gasteiger charge is -2.24. The van der Waals surface area contributed by atoms with Crippen LogP contribution in [0.5, 0.6) is 11.5 Å². The van der Waals surface area contributed by atoms with Gasteiger partial charge in [0.2, 0.25) is 0 Å². The van der Waals surface area contributed by atoms with E-state index >= 15 is 0 Å². The molecule has 0 saturated carbocycles. The van der Waals surface area contributed by atoms with Crippen molar-refractivity contribution in [3.8, 4) is 11.5 Å². The fourth-order valence-electron chi connectivity index (χ4n) is 2.21. The number of urea groups is 1. The average Bonchev–Trinajstić information content (AvgIpc) is 3.13. The monoisotopic (exact) mass is 370 g/mol. The van der Waals surface area contributed by atoms with Gasteiger partial charge in [-0.3, -0.25) is 0 Å². The number of rotatable bonds is 7. The number of nitrogens with zero attached hydrogens (tertiary/aromatic N) is 1. The van der Waals surface area contributed by atoms with Crippen molar-refractivity contribution in [2.45, 2.75) is 26.1 Å². The summed E-state index contributed by atoms with van der Waals surface area (Å²) in [5, 5.41) is 4.77. The second kappa shape index (κ2) is 8.66. The van der Waals surface area contributed by atoms with Crippen LogP contribution < -0.4 is 14.8 Å². The van der Waals surface area contributed by atoms with Crippen LogP contribution in [0.15, 0.2) is 35.7 Å². The number of thiophene rings is 1. The smallest absolute Gasteiger partial charge is 0.387 e. The Morgan fingerprint density at radius 3 is 2.68 bits per heavy atom. The first-order valence-corrected chi connectivity index (χ1v) is 8.46. The van der Waals surface area contributed by atoms with E-state index in [2.05, 4.69) is 10.1 Å². The summed E-state index contributed by atoms with van der Waals surface area (Å²) in [6.45, 7) is -0.733. The lowest BCUT2D eigenvalue weighted by Crippen LogP contribution is -2.38. The molecule has 136 valence electrons. The molecule has 0 radical (unpaired) electrons. The quantitative estimate of drug-likeness (QED) is 0.792. The van der Waals surface area contributed by atoms with Crippen molar-refractivity contribution in [2.24, 2.45) is 0 Å². The van der Waals surface area contributed by atoms with Gasteiger partial charge in [0.25, 0.3) is 0 Å². The standard InChI is InChI=1S/C17H20F2N2O3S/c1-11(15-5-4-8-25-15)21(2)17(22)20-10-12-6-7-13(24-16(18)19)14(9-12)23-3/h4-9,11,16H,10H2,1-3H3,(H,20,22). The summed E-state index contributed by atoms with van der Waals surface area (Å²) in [5.41, 5.74) is 0.712. The highest BCUT2D eigenvalue weighted by Gasteiger charge is 2.18. The van der Waals surface area contributed by atoms with Crippen molar-refractivity contribution in [1.29, 1.82) is 0 Å². The molecule has 1 aromatic heterocycles. The number of ether oxygens (including phenoxy) is 2. The van der Waals surface area contributed by atoms with Gasteiger partial charge in [0.05, 0.1) is 13.2 Å². The summed E-state index contributed by atoms with van der Waals surface area (Å²) in [6, 6.07) is 8.20. The van der Waals surface area contributed by atoms with Gasteiger partial charge in [-0.15, -0.1) is 11.3 Å². The Kier molecular flexibility index (Phi) is 6.58. The van der Waals surface area contributed by atoms with E-state index in [1.165, 1.54) is 13.2 Å². The van der Waals surface area contributed by atoms with E-state index in [-0.39, 0.29) is 30.1 Å². The van der Waals surface area contributed by atoms with Gasteiger partial charge in [-0.25, -0.2) is 4.79 Å². The lowest BCUT2D eigenvalue weighted by atomic mass is 10.2. The predicted octanol–water partition coefficient (Wildman–Crippen LogP) is 4.26. The Morgan fingerprint density at radius 2 is 2.08 bits per heavy atom. The highest BCUT2D eigenvalue weighted by molar-refractivity contribution is 7.10. The molecule has 2 amide bonds. The Hall–Kier alpha value is -2.35. The molecular weight excluding hydrogens is 350 g/mol. The van der Waals surface area contributed by atoms with Gasteiger partial charge in [-0.05, 0) is 36.1 Å². The number of carbonyl (C=O) groups is 1. The first-order valence-electron chi connectivity index (χ1n) is 7.58. The average molecular weight is 370 g/mol. The summed E-state index contributed by atoms with van der Waals surface area (Å²) < 4.78 is 34.1. The van der Waals surface area contributed by atoms with E-state index in [1.807, 2.05) is 24.4 Å². The maximum atomic E-state index is 12.3. The van der Waals surface area contributed by atoms with Crippen LogP contribution in [0.3, 0.4) is 0 Å². The highest BCUT2D eigenvalue weighted by Crippen LogP contribution is 2.29. The molecule has 1 unspecified atom stereocenters. The van der Waals surface area contributed by atoms with Crippen LogP contribution in [0.25, 0.3) is 0 Å². The maximum absolute atomic E-state index is 12.3. The number of carbonyl (C=O) groups excluding carboxylic acids is 1. The van der Waals surface area contributed by atoms with E-state index in [4.69, 9.17) is 4.74 Å². The number of amides is 2. The van der Waals surface area contributed by atoms with E-state index in [1.54, 1.807) is 35.4 Å². The van der Waals surface area contributed by atoms with E-state index in [0.29, 0.717) is 5.56 Å². The minimum Gasteiger partial charge on any atom is -0.493 e. The predicted molar refractivity (Wildman–Crippen MR) is 92.4 cm³/mol. The minimum atomic E-state index is -2.92. The molecule has 1 aromatic carbocycles. The molecule has 2 rings (SSSR count). The maximum Gasteiger partial charge on any atom is 0.387 e. The number of hydrogen-bond acceptors (Lipinski definition) is 4. The molecule has 0 bridgehead atoms. The van der Waals surface area contributed by atoms with Crippen molar-refractivity contribution in [1.82, 2.24) is 10.2 Å². The molecule has 1 heterocycles. The second-order valence-corrected chi connectivity index (χ2v) is 6.30. The Bertz CT molecular complexity index is 695. The third-order valence-electron chi connectivity index (χ3n) is 3.74. The third-order valence-corrected chi connectivity index (χ3v) is 4.79. The summed E-state index contributed by atoms with van der Waals surface area (Å²) in [7, 11) is 3.09. The zero-order valence-electron chi connectivity index (χ0n) is 14.2. The number of nitrogens with one attached hydrogen (secondary N) is 1. The van der Waals surface area contributed by atoms with Crippen LogP contribution in [0, 0.1) is 0 Å². The van der Waals surface area contributed by atoms with Gasteiger partial charge in [0, 0.05) is 18.5 Å². The van der Waals surface area contributed by atoms with E-state index in [9.17, 15) is 13.6 Å². The molecule has 1 atom stereocenters. The molecule has 0 saturated heterocycles. The largest absolute Gasteiger partial charge is 0.493 e. The number of hydrogen-bond donors (Lipinski definition) is 1. The normalized spacial score (nSPS) is 11.9. The third kappa shape index (κ3) is 5.06. The molecule has 0 aliphatic carbocycles. The highest BCUT2D eigenvalue weighted by atomic mass is 32.1. The van der Waals surface area contributed by atoms with Crippen molar-refractivity contribution in [2.75, 3.05) is 14.2 Å². The minimum absolute atomic E-state index is 0.0450. The van der Waals surface area contributed by atoms with Gasteiger partial charge >= 0.3 is 12.6 Å². The molecule has 2 aromatic rings. The molecule has 8 heteroatoms. The van der Waals surface area contributed by atoms with Gasteiger partial charge in [-0.1, -0.05) is 12.1 Å². The van der Waals surface area contributed by atoms with Crippen LogP contribution in [-0.4, -0.2) is 31.7 Å². The number of halogens is 2. The van der Waals surface area contributed by atoms with Gasteiger partial charge in [0.15, 0.2) is 11.5 Å². The fraction of sp³-hybridized carbons (Fsp3) is 0.353. The summed E-state index contributed by atoms with van der Waals surface area (Å²) in [6.07, 6.45) is 0. The molecule has 1 N–H and O–H groups in total. The fourth-order valence-corrected chi connectivity index (χ4v) is 3.04. The first-order chi connectivity index (χ1) is 11.9. The van der Waals surface area contributed by atoms with Crippen LogP contribution >= 0.6 is 11.3 Å². The molecule has 0 aliphatic rings. The van der Waals surface area contributed by atoms with E-state index in [0.717, 1.165) is 4.88 Å². The molecule has 0 spiro atoms. The summed E-state index contributed by atoms with van der Waals surface area (Å²) in [5.74, 6) is 0.142. The van der Waals surface area contributed by atoms with Gasteiger partial charge in [-0.2, -0.15) is 8.78 Å². The SMILES string of the molecule is COc1cc(CNC(=O)N(C)C(C)c2cccs2)ccc1OC(F)F. The van der Waals surface area contributed by atoms with Gasteiger partial charge < -0.3 is 19.7 Å². The number of benzene rings is 1. The second-order valence-electron chi connectivity index (χ2n) is 5.32. The molecular formula is C17H20F2N2O3S. The zero-order chi connectivity index (χ0) is 18.4. The number of alkyl halides is 2. The topological polar surface area (TPSA) is 50.8 Å². The Balaban J connectivity index is 1.97. The lowest BCUT2D eigenvalue weighted by molar-refractivity contribution is -0.0512. The number of methoxy groups -OCH3 is 1. The summed E-state index contributed by atoms with van der Waals surface area (Å²) in [4.78, 5) is 15.0. The van der Waals surface area contributed by atoms with Gasteiger partial charge in [0.1, 0.15) is 0 Å². The Labute approximate surface area is 149 Å². The van der Waals surface area contributed by atoms with Crippen LogP contribution in [-0.2, 0) is 6.54 Å². The van der Waals surface area contributed by atoms with Crippen LogP contribution in [0.2, 0.25) is 0 Å². The van der Waals surface area contributed by atoms with Crippen molar-refractivity contribution >= 4 is 17.4 Å². The van der Waals surface area contributed by atoms with Crippen LogP contribution in [0.1, 0.15) is 23.4 Å². The van der Waals surface area contributed by atoms with E-state index < -0.39 is 6.61 Å². The molecule has 25 heavy (non-hydrogen) atoms. The molecule has 0 aliphatic heterocycles. The van der Waals surface area contributed by atoms with Crippen molar-refractivity contribution in [3.63, 3.8) is 0 Å². The van der Waals surface area contributed by atoms with Crippen molar-refractivity contribution < 1.29 is 23.0 Å². The van der Waals surface area contributed by atoms with Crippen molar-refractivity contribution in [3.05, 3.63) is 46.2 Å². The zero-order valence-corrected chi connectivity index (χ0v) is 15.0. The molecule has 5 nitrogen and oxygen atoms in total. The first kappa shape index (κ1) is 19.0. The van der Waals surface area contributed by atoms with Crippen LogP contribution in [0.4, 0.5) is 13.6 Å². The summed E-state index contributed by atoms with van der Waals surface area (Å²) >= 11 is 1.59. The Morgan fingerprint density at radius 1 is 1.32 bits per heavy atom.